The highest BCUT2D eigenvalue weighted by molar-refractivity contribution is 7.80. The number of aliphatic hydroxyl groups excluding tert-OH is 8. The number of amides is 1. The van der Waals surface area contributed by atoms with E-state index in [1.165, 1.54) is 0 Å². The molecule has 2 aliphatic heterocycles. The monoisotopic (exact) mass is 639 g/mol. The molecular weight excluding hydrogens is 606 g/mol. The summed E-state index contributed by atoms with van der Waals surface area (Å²) < 4.78 is 56.3. The summed E-state index contributed by atoms with van der Waals surface area (Å²) in [5, 5.41) is 93.3. The first-order valence-electron chi connectivity index (χ1n) is 12.0. The molecule has 0 aliphatic carbocycles. The molecule has 2 saturated heterocycles. The van der Waals surface area contributed by atoms with E-state index < -0.39 is 121 Å². The number of nitrogens with one attached hydrogen (secondary N) is 1. The van der Waals surface area contributed by atoms with E-state index in [2.05, 4.69) is 4.18 Å². The molecule has 21 nitrogen and oxygen atoms in total. The quantitative estimate of drug-likeness (QED) is 0.0620. The van der Waals surface area contributed by atoms with Crippen molar-refractivity contribution in [1.29, 1.82) is 0 Å². The molecule has 1 amide bonds. The Balaban J connectivity index is 2.38. The van der Waals surface area contributed by atoms with Gasteiger partial charge in [-0.25, -0.2) is 8.98 Å². The standard InChI is InChI=1S/C20H33NO20S/c1-5(25)21-6(2-22)9(27)14(7(26)3-23)38-19-12(30)15(10(28)8(4-24)37-19)39-20-13(31)16(41-42(34,35)36)11(29)17(40-20)18(32)33/h2,6-17,19-20,23-24,26-31H,3-4H2,1H3,(H,21,25)(H,32,33)(H,34,35,36)/t6-,7+,8+,9+,10-,11-,12+,13+,14+,15-,16-,17-,19-,20+/m0/s1. The molecule has 2 fully saturated rings. The van der Waals surface area contributed by atoms with Crippen LogP contribution in [0.25, 0.3) is 0 Å². The van der Waals surface area contributed by atoms with Crippen LogP contribution in [0.15, 0.2) is 0 Å². The molecule has 2 rings (SSSR count). The molecule has 14 atom stereocenters. The number of carboxylic acids is 1. The van der Waals surface area contributed by atoms with Crippen molar-refractivity contribution >= 4 is 28.6 Å². The van der Waals surface area contributed by atoms with Crippen molar-refractivity contribution in [2.45, 2.75) is 92.7 Å². The molecule has 2 heterocycles. The van der Waals surface area contributed by atoms with Crippen LogP contribution in [-0.2, 0) is 47.9 Å². The van der Waals surface area contributed by atoms with Gasteiger partial charge in [0.25, 0.3) is 0 Å². The summed E-state index contributed by atoms with van der Waals surface area (Å²) in [6.07, 6.45) is -28.1. The minimum Gasteiger partial charge on any atom is -0.479 e. The number of hydrogen-bond donors (Lipinski definition) is 11. The van der Waals surface area contributed by atoms with Gasteiger partial charge < -0.3 is 75.0 Å². The van der Waals surface area contributed by atoms with Gasteiger partial charge in [0.2, 0.25) is 5.91 Å². The molecular formula is C20H33NO20S. The largest absolute Gasteiger partial charge is 0.479 e. The van der Waals surface area contributed by atoms with E-state index in [1.54, 1.807) is 0 Å². The zero-order valence-electron chi connectivity index (χ0n) is 21.5. The number of carbonyl (C=O) groups excluding carboxylic acids is 2. The van der Waals surface area contributed by atoms with E-state index in [-0.39, 0.29) is 6.29 Å². The molecule has 11 N–H and O–H groups in total. The summed E-state index contributed by atoms with van der Waals surface area (Å²) in [5.41, 5.74) is 0. The lowest BCUT2D eigenvalue weighted by molar-refractivity contribution is -0.364. The Morgan fingerprint density at radius 2 is 1.57 bits per heavy atom. The first-order valence-corrected chi connectivity index (χ1v) is 13.4. The molecule has 22 heteroatoms. The van der Waals surface area contributed by atoms with Crippen molar-refractivity contribution in [2.75, 3.05) is 13.2 Å². The normalized spacial score (nSPS) is 36.8. The van der Waals surface area contributed by atoms with Crippen molar-refractivity contribution in [3.8, 4) is 0 Å². The number of ether oxygens (including phenoxy) is 4. The number of rotatable bonds is 14. The highest BCUT2D eigenvalue weighted by Gasteiger charge is 2.54. The van der Waals surface area contributed by atoms with Gasteiger partial charge in [0.05, 0.1) is 13.2 Å². The van der Waals surface area contributed by atoms with Gasteiger partial charge in [0, 0.05) is 6.92 Å². The number of aliphatic carboxylic acids is 1. The molecule has 0 aromatic heterocycles. The lowest BCUT2D eigenvalue weighted by atomic mass is 9.96. The summed E-state index contributed by atoms with van der Waals surface area (Å²) in [5.74, 6) is -2.71. The fourth-order valence-electron chi connectivity index (χ4n) is 4.18. The molecule has 0 aromatic carbocycles. The first-order chi connectivity index (χ1) is 19.5. The zero-order chi connectivity index (χ0) is 32.1. The highest BCUT2D eigenvalue weighted by Crippen LogP contribution is 2.32. The highest BCUT2D eigenvalue weighted by atomic mass is 32.3. The molecule has 0 bridgehead atoms. The second kappa shape index (κ2) is 15.1. The van der Waals surface area contributed by atoms with E-state index in [4.69, 9.17) is 23.5 Å². The molecule has 0 radical (unpaired) electrons. The van der Waals surface area contributed by atoms with E-state index in [0.717, 1.165) is 6.92 Å². The molecule has 0 unspecified atom stereocenters. The van der Waals surface area contributed by atoms with Crippen LogP contribution in [0.3, 0.4) is 0 Å². The number of hydrogen-bond acceptors (Lipinski definition) is 18. The molecule has 244 valence electrons. The summed E-state index contributed by atoms with van der Waals surface area (Å²) in [6.45, 7) is -1.13. The SMILES string of the molecule is CC(=O)N[C@@H](C=O)[C@@H](O)[C@H](O[C@@H]1O[C@H](CO)[C@H](O)[C@H](O[C@@H]2O[C@H](C(=O)O)[C@@H](O)[C@H](OS(=O)(=O)O)[C@H]2O)[C@H]1O)[C@H](O)CO. The molecule has 0 spiro atoms. The van der Waals surface area contributed by atoms with Crippen LogP contribution in [-0.4, -0.2) is 176 Å². The molecule has 42 heavy (non-hydrogen) atoms. The average molecular weight is 640 g/mol. The van der Waals surface area contributed by atoms with Crippen molar-refractivity contribution in [3.63, 3.8) is 0 Å². The Morgan fingerprint density at radius 3 is 2.05 bits per heavy atom. The third-order valence-electron chi connectivity index (χ3n) is 6.21. The van der Waals surface area contributed by atoms with Crippen molar-refractivity contribution in [2.24, 2.45) is 0 Å². The Kier molecular flexibility index (Phi) is 13.0. The van der Waals surface area contributed by atoms with Crippen LogP contribution in [0.1, 0.15) is 6.92 Å². The maximum atomic E-state index is 11.5. The third kappa shape index (κ3) is 8.77. The summed E-state index contributed by atoms with van der Waals surface area (Å²) in [6, 6.07) is -1.72. The van der Waals surface area contributed by atoms with Crippen molar-refractivity contribution in [1.82, 2.24) is 5.32 Å². The molecule has 2 aliphatic rings. The second-order valence-electron chi connectivity index (χ2n) is 9.24. The fourth-order valence-corrected chi connectivity index (χ4v) is 4.69. The predicted molar refractivity (Wildman–Crippen MR) is 125 cm³/mol. The average Bonchev–Trinajstić information content (AvgIpc) is 2.91. The van der Waals surface area contributed by atoms with Crippen LogP contribution in [0, 0.1) is 0 Å². The maximum Gasteiger partial charge on any atom is 0.397 e. The van der Waals surface area contributed by atoms with E-state index in [9.17, 15) is 68.8 Å². The lowest BCUT2D eigenvalue weighted by Gasteiger charge is -2.46. The number of carbonyl (C=O) groups is 3. The second-order valence-corrected chi connectivity index (χ2v) is 10.3. The van der Waals surface area contributed by atoms with Crippen LogP contribution >= 0.6 is 0 Å². The van der Waals surface area contributed by atoms with Crippen LogP contribution in [0.2, 0.25) is 0 Å². The van der Waals surface area contributed by atoms with Gasteiger partial charge >= 0.3 is 16.4 Å². The van der Waals surface area contributed by atoms with E-state index in [1.807, 2.05) is 5.32 Å². The number of aliphatic hydroxyl groups is 8. The van der Waals surface area contributed by atoms with E-state index in [0.29, 0.717) is 0 Å². The van der Waals surface area contributed by atoms with Gasteiger partial charge in [-0.05, 0) is 0 Å². The van der Waals surface area contributed by atoms with Gasteiger partial charge in [-0.1, -0.05) is 0 Å². The minimum atomic E-state index is -5.40. The van der Waals surface area contributed by atoms with Crippen LogP contribution in [0.5, 0.6) is 0 Å². The lowest BCUT2D eigenvalue weighted by Crippen LogP contribution is -2.66. The molecule has 0 saturated carbocycles. The summed E-state index contributed by atoms with van der Waals surface area (Å²) in [7, 11) is -5.40. The van der Waals surface area contributed by atoms with Gasteiger partial charge in [-0.15, -0.1) is 0 Å². The maximum absolute atomic E-state index is 11.5. The van der Waals surface area contributed by atoms with Crippen molar-refractivity contribution < 1.29 is 96.4 Å². The van der Waals surface area contributed by atoms with Gasteiger partial charge in [0.15, 0.2) is 18.7 Å². The van der Waals surface area contributed by atoms with Crippen LogP contribution < -0.4 is 5.32 Å². The Morgan fingerprint density at radius 1 is 0.976 bits per heavy atom. The van der Waals surface area contributed by atoms with E-state index >= 15 is 0 Å². The first kappa shape index (κ1) is 36.2. The smallest absolute Gasteiger partial charge is 0.397 e. The Labute approximate surface area is 236 Å². The number of carboxylic acid groups (broad SMARTS) is 1. The van der Waals surface area contributed by atoms with Gasteiger partial charge in [0.1, 0.15) is 73.4 Å². The topological polar surface area (TPSA) is 346 Å². The minimum absolute atomic E-state index is 0.0665. The Bertz CT molecular complexity index is 1030. The van der Waals surface area contributed by atoms with Crippen LogP contribution in [0.4, 0.5) is 0 Å². The third-order valence-corrected chi connectivity index (χ3v) is 6.68. The predicted octanol–water partition coefficient (Wildman–Crippen LogP) is -7.67. The molecule has 0 aromatic rings. The van der Waals surface area contributed by atoms with Gasteiger partial charge in [-0.2, -0.15) is 8.42 Å². The summed E-state index contributed by atoms with van der Waals surface area (Å²) in [4.78, 5) is 34.3. The fraction of sp³-hybridized carbons (Fsp3) is 0.850. The van der Waals surface area contributed by atoms with Gasteiger partial charge in [-0.3, -0.25) is 9.35 Å². The number of aldehydes is 1. The van der Waals surface area contributed by atoms with Crippen molar-refractivity contribution in [3.05, 3.63) is 0 Å². The zero-order valence-corrected chi connectivity index (χ0v) is 22.4. The summed E-state index contributed by atoms with van der Waals surface area (Å²) >= 11 is 0. The Hall–Kier alpha value is -2.00.